The van der Waals surface area contributed by atoms with Gasteiger partial charge < -0.3 is 19.3 Å². The van der Waals surface area contributed by atoms with Gasteiger partial charge in [-0.05, 0) is 60.0 Å². The van der Waals surface area contributed by atoms with Gasteiger partial charge in [0.05, 0.1) is 21.3 Å². The number of hydrogen-bond donors (Lipinski definition) is 1. The summed E-state index contributed by atoms with van der Waals surface area (Å²) >= 11 is 0. The Hall–Kier alpha value is -2.40. The molecule has 2 unspecified atom stereocenters. The third-order valence-electron chi connectivity index (χ3n) is 5.56. The van der Waals surface area contributed by atoms with Gasteiger partial charge >= 0.3 is 0 Å². The summed E-state index contributed by atoms with van der Waals surface area (Å²) in [6, 6.07) is 8.29. The molecule has 3 aliphatic rings. The molecular weight excluding hydrogens is 318 g/mol. The highest BCUT2D eigenvalue weighted by Gasteiger charge is 2.38. The second-order valence-electron chi connectivity index (χ2n) is 6.77. The maximum atomic E-state index is 10.2. The molecule has 0 aromatic heterocycles. The molecule has 2 aromatic rings. The Balaban J connectivity index is 1.95. The van der Waals surface area contributed by atoms with Gasteiger partial charge in [-0.25, -0.2) is 0 Å². The van der Waals surface area contributed by atoms with Crippen molar-refractivity contribution in [2.24, 2.45) is 0 Å². The van der Waals surface area contributed by atoms with E-state index in [-0.39, 0.29) is 17.7 Å². The van der Waals surface area contributed by atoms with Gasteiger partial charge in [0, 0.05) is 18.5 Å². The molecule has 2 aromatic carbocycles. The first-order chi connectivity index (χ1) is 12.1. The first-order valence-electron chi connectivity index (χ1n) is 8.43. The topological polar surface area (TPSA) is 51.2 Å². The van der Waals surface area contributed by atoms with Gasteiger partial charge in [0.1, 0.15) is 0 Å². The van der Waals surface area contributed by atoms with E-state index in [2.05, 4.69) is 24.1 Å². The third-order valence-corrected chi connectivity index (χ3v) is 5.56. The second kappa shape index (κ2) is 5.85. The summed E-state index contributed by atoms with van der Waals surface area (Å²) in [4.78, 5) is 2.38. The van der Waals surface area contributed by atoms with Crippen molar-refractivity contribution in [2.45, 2.75) is 18.4 Å². The van der Waals surface area contributed by atoms with Crippen LogP contribution in [0, 0.1) is 0 Å². The number of hydrogen-bond acceptors (Lipinski definition) is 5. The van der Waals surface area contributed by atoms with Crippen LogP contribution in [0.2, 0.25) is 0 Å². The van der Waals surface area contributed by atoms with Crippen LogP contribution >= 0.6 is 0 Å². The predicted molar refractivity (Wildman–Crippen MR) is 95.1 cm³/mol. The molecule has 0 radical (unpaired) electrons. The van der Waals surface area contributed by atoms with Crippen LogP contribution in [-0.2, 0) is 6.42 Å². The fourth-order valence-electron chi connectivity index (χ4n) is 4.28. The largest absolute Gasteiger partial charge is 0.504 e. The molecule has 5 nitrogen and oxygen atoms in total. The van der Waals surface area contributed by atoms with Gasteiger partial charge in [0.15, 0.2) is 23.0 Å². The molecule has 0 spiro atoms. The smallest absolute Gasteiger partial charge is 0.161 e. The molecule has 2 heterocycles. The van der Waals surface area contributed by atoms with Crippen LogP contribution < -0.4 is 14.2 Å². The van der Waals surface area contributed by atoms with Crippen LogP contribution in [0.3, 0.4) is 0 Å². The van der Waals surface area contributed by atoms with Crippen LogP contribution in [0.1, 0.15) is 34.2 Å². The third kappa shape index (κ3) is 2.34. The number of likely N-dealkylation sites (N-methyl/N-ethyl adjacent to an activating group) is 1. The Morgan fingerprint density at radius 3 is 2.12 bits per heavy atom. The molecule has 2 aliphatic heterocycles. The Kier molecular flexibility index (Phi) is 3.76. The van der Waals surface area contributed by atoms with Crippen LogP contribution in [0.15, 0.2) is 24.3 Å². The number of fused-ring (bicyclic) bond motifs is 1. The fraction of sp³-hybridized carbons (Fsp3) is 0.400. The Morgan fingerprint density at radius 1 is 0.880 bits per heavy atom. The number of aromatic hydroxyl groups is 1. The van der Waals surface area contributed by atoms with Crippen molar-refractivity contribution >= 4 is 0 Å². The van der Waals surface area contributed by atoms with E-state index in [0.29, 0.717) is 5.75 Å². The lowest BCUT2D eigenvalue weighted by atomic mass is 9.84. The molecule has 0 saturated carbocycles. The van der Waals surface area contributed by atoms with E-state index in [1.165, 1.54) is 22.3 Å². The van der Waals surface area contributed by atoms with Crippen molar-refractivity contribution in [1.29, 1.82) is 0 Å². The number of methoxy groups -OCH3 is 3. The van der Waals surface area contributed by atoms with Gasteiger partial charge in [-0.1, -0.05) is 0 Å². The van der Waals surface area contributed by atoms with Crippen molar-refractivity contribution in [2.75, 3.05) is 34.9 Å². The zero-order chi connectivity index (χ0) is 17.7. The first kappa shape index (κ1) is 16.1. The summed E-state index contributed by atoms with van der Waals surface area (Å²) in [6.07, 6.45) is 0.850. The highest BCUT2D eigenvalue weighted by molar-refractivity contribution is 5.58. The zero-order valence-corrected chi connectivity index (χ0v) is 15.0. The number of rotatable bonds is 3. The normalized spacial score (nSPS) is 21.3. The summed E-state index contributed by atoms with van der Waals surface area (Å²) in [5.41, 5.74) is 4.93. The quantitative estimate of drug-likeness (QED) is 0.930. The fourth-order valence-corrected chi connectivity index (χ4v) is 4.28. The van der Waals surface area contributed by atoms with Crippen molar-refractivity contribution in [1.82, 2.24) is 4.90 Å². The predicted octanol–water partition coefficient (Wildman–Crippen LogP) is 3.09. The summed E-state index contributed by atoms with van der Waals surface area (Å²) < 4.78 is 16.4. The van der Waals surface area contributed by atoms with Crippen molar-refractivity contribution < 1.29 is 19.3 Å². The van der Waals surface area contributed by atoms with Crippen molar-refractivity contribution in [3.05, 3.63) is 46.5 Å². The molecule has 2 bridgehead atoms. The van der Waals surface area contributed by atoms with E-state index < -0.39 is 0 Å². The highest BCUT2D eigenvalue weighted by Crippen LogP contribution is 2.50. The van der Waals surface area contributed by atoms with Gasteiger partial charge in [0.2, 0.25) is 0 Å². The minimum absolute atomic E-state index is 0.199. The Labute approximate surface area is 147 Å². The second-order valence-corrected chi connectivity index (χ2v) is 6.77. The molecule has 132 valence electrons. The Bertz CT molecular complexity index is 833. The van der Waals surface area contributed by atoms with E-state index >= 15 is 0 Å². The van der Waals surface area contributed by atoms with Gasteiger partial charge in [0.25, 0.3) is 0 Å². The molecular formula is C20H23NO4. The molecule has 5 heteroatoms. The van der Waals surface area contributed by atoms with Gasteiger partial charge in [-0.3, -0.25) is 4.90 Å². The number of ether oxygens (including phenoxy) is 3. The maximum absolute atomic E-state index is 10.2. The van der Waals surface area contributed by atoms with E-state index in [0.717, 1.165) is 24.5 Å². The molecule has 5 rings (SSSR count). The summed E-state index contributed by atoms with van der Waals surface area (Å²) in [6.45, 7) is 0.925. The molecule has 0 amide bonds. The van der Waals surface area contributed by atoms with Crippen molar-refractivity contribution in [3.63, 3.8) is 0 Å². The number of benzene rings is 2. The number of nitrogens with zero attached hydrogens (tertiary/aromatic N) is 1. The SMILES string of the molecule is COc1cc2c(cc1O)CC1c3cc(OC)c(OC)cc3C2CN1C. The minimum Gasteiger partial charge on any atom is -0.504 e. The lowest BCUT2D eigenvalue weighted by molar-refractivity contribution is 0.225. The highest BCUT2D eigenvalue weighted by atomic mass is 16.5. The van der Waals surface area contributed by atoms with Gasteiger partial charge in [-0.2, -0.15) is 0 Å². The number of phenolic OH excluding ortho intramolecular Hbond substituents is 1. The monoisotopic (exact) mass is 341 g/mol. The van der Waals surface area contributed by atoms with Crippen molar-refractivity contribution in [3.8, 4) is 23.0 Å². The summed E-state index contributed by atoms with van der Waals surface area (Å²) in [7, 11) is 7.07. The molecule has 0 fully saturated rings. The van der Waals surface area contributed by atoms with Gasteiger partial charge in [-0.15, -0.1) is 0 Å². The lowest BCUT2D eigenvalue weighted by Gasteiger charge is -2.36. The van der Waals surface area contributed by atoms with E-state index in [1.807, 2.05) is 12.1 Å². The molecule has 2 atom stereocenters. The van der Waals surface area contributed by atoms with Crippen LogP contribution in [0.25, 0.3) is 0 Å². The first-order valence-corrected chi connectivity index (χ1v) is 8.43. The average molecular weight is 341 g/mol. The average Bonchev–Trinajstić information content (AvgIpc) is 2.83. The maximum Gasteiger partial charge on any atom is 0.161 e. The molecule has 1 N–H and O–H groups in total. The lowest BCUT2D eigenvalue weighted by Crippen LogP contribution is -2.33. The summed E-state index contributed by atoms with van der Waals surface area (Å²) in [5, 5.41) is 10.2. The van der Waals surface area contributed by atoms with Crippen LogP contribution in [-0.4, -0.2) is 44.9 Å². The van der Waals surface area contributed by atoms with E-state index in [1.54, 1.807) is 21.3 Å². The minimum atomic E-state index is 0.199. The summed E-state index contributed by atoms with van der Waals surface area (Å²) in [5.74, 6) is 2.44. The molecule has 25 heavy (non-hydrogen) atoms. The van der Waals surface area contributed by atoms with Crippen LogP contribution in [0.5, 0.6) is 23.0 Å². The standard InChI is InChI=1S/C20H23NO4/c1-21-10-15-12-7-18(23-2)17(22)6-11(12)5-16(21)14-9-20(25-4)19(24-3)8-13(14)15/h6-9,15-16,22H,5,10H2,1-4H3. The molecule has 0 saturated heterocycles. The van der Waals surface area contributed by atoms with Crippen LogP contribution in [0.4, 0.5) is 0 Å². The molecule has 1 aliphatic carbocycles. The van der Waals surface area contributed by atoms with E-state index in [9.17, 15) is 5.11 Å². The van der Waals surface area contributed by atoms with E-state index in [4.69, 9.17) is 14.2 Å². The zero-order valence-electron chi connectivity index (χ0n) is 15.0. The Morgan fingerprint density at radius 2 is 1.48 bits per heavy atom. The number of phenols is 1.